The highest BCUT2D eigenvalue weighted by atomic mass is 19.1. The minimum Gasteiger partial charge on any atom is -0.387 e. The molecule has 3 heteroatoms. The second-order valence-electron chi connectivity index (χ2n) is 4.30. The van der Waals surface area contributed by atoms with Crippen LogP contribution in [0, 0.1) is 19.7 Å². The van der Waals surface area contributed by atoms with Gasteiger partial charge in [-0.25, -0.2) is 9.37 Å². The summed E-state index contributed by atoms with van der Waals surface area (Å²) in [4.78, 5) is 4.38. The monoisotopic (exact) mass is 232 g/mol. The maximum atomic E-state index is 13.9. The summed E-state index contributed by atoms with van der Waals surface area (Å²) in [6, 6.07) is 3.51. The Hall–Kier alpha value is -1.64. The molecule has 0 atom stereocenters. The second kappa shape index (κ2) is 4.32. The summed E-state index contributed by atoms with van der Waals surface area (Å²) in [6.45, 7) is 5.91. The van der Waals surface area contributed by atoms with Crippen molar-refractivity contribution in [2.45, 2.75) is 27.2 Å². The van der Waals surface area contributed by atoms with Gasteiger partial charge in [0.25, 0.3) is 0 Å². The SMILES string of the molecule is CCc1c(C)nc2c(F)cc(C)cc2c1NC. The van der Waals surface area contributed by atoms with E-state index in [4.69, 9.17) is 0 Å². The minimum atomic E-state index is -0.248. The first-order chi connectivity index (χ1) is 8.08. The van der Waals surface area contributed by atoms with Crippen LogP contribution < -0.4 is 5.32 Å². The third-order valence-electron chi connectivity index (χ3n) is 3.10. The maximum absolute atomic E-state index is 13.9. The van der Waals surface area contributed by atoms with Crippen molar-refractivity contribution in [3.05, 3.63) is 34.8 Å². The van der Waals surface area contributed by atoms with Gasteiger partial charge in [-0.1, -0.05) is 6.92 Å². The molecule has 90 valence electrons. The Bertz CT molecular complexity index is 576. The Morgan fingerprint density at radius 2 is 2.00 bits per heavy atom. The van der Waals surface area contributed by atoms with Crippen LogP contribution in [0.1, 0.15) is 23.7 Å². The Kier molecular flexibility index (Phi) is 3.01. The predicted molar refractivity (Wildman–Crippen MR) is 70.1 cm³/mol. The van der Waals surface area contributed by atoms with Crippen LogP contribution in [0.3, 0.4) is 0 Å². The molecular weight excluding hydrogens is 215 g/mol. The molecule has 1 N–H and O–H groups in total. The van der Waals surface area contributed by atoms with Crippen molar-refractivity contribution >= 4 is 16.6 Å². The van der Waals surface area contributed by atoms with Gasteiger partial charge in [0.05, 0.1) is 0 Å². The first-order valence-corrected chi connectivity index (χ1v) is 5.85. The zero-order valence-corrected chi connectivity index (χ0v) is 10.7. The van der Waals surface area contributed by atoms with Crippen LogP contribution in [-0.2, 0) is 6.42 Å². The highest BCUT2D eigenvalue weighted by Gasteiger charge is 2.13. The topological polar surface area (TPSA) is 24.9 Å². The lowest BCUT2D eigenvalue weighted by Gasteiger charge is -2.14. The van der Waals surface area contributed by atoms with E-state index < -0.39 is 0 Å². The van der Waals surface area contributed by atoms with E-state index in [1.54, 1.807) is 0 Å². The molecule has 2 rings (SSSR count). The van der Waals surface area contributed by atoms with Gasteiger partial charge in [0, 0.05) is 23.8 Å². The third-order valence-corrected chi connectivity index (χ3v) is 3.10. The largest absolute Gasteiger partial charge is 0.387 e. The lowest BCUT2D eigenvalue weighted by Crippen LogP contribution is -2.02. The fraction of sp³-hybridized carbons (Fsp3) is 0.357. The fourth-order valence-corrected chi connectivity index (χ4v) is 2.34. The molecule has 0 amide bonds. The summed E-state index contributed by atoms with van der Waals surface area (Å²) in [5.41, 5.74) is 4.42. The summed E-state index contributed by atoms with van der Waals surface area (Å²) in [5.74, 6) is -0.248. The second-order valence-corrected chi connectivity index (χ2v) is 4.30. The number of aryl methyl sites for hydroxylation is 2. The van der Waals surface area contributed by atoms with Crippen LogP contribution in [0.25, 0.3) is 10.9 Å². The Morgan fingerprint density at radius 1 is 1.29 bits per heavy atom. The number of rotatable bonds is 2. The van der Waals surface area contributed by atoms with Gasteiger partial charge < -0.3 is 5.32 Å². The molecule has 0 unspecified atom stereocenters. The number of hydrogen-bond acceptors (Lipinski definition) is 2. The first kappa shape index (κ1) is 11.8. The molecule has 0 bridgehead atoms. The molecule has 0 aliphatic carbocycles. The van der Waals surface area contributed by atoms with Gasteiger partial charge in [-0.2, -0.15) is 0 Å². The number of fused-ring (bicyclic) bond motifs is 1. The van der Waals surface area contributed by atoms with Gasteiger partial charge >= 0.3 is 0 Å². The fourth-order valence-electron chi connectivity index (χ4n) is 2.34. The molecule has 0 spiro atoms. The molecule has 0 aliphatic heterocycles. The molecule has 0 radical (unpaired) electrons. The van der Waals surface area contributed by atoms with Gasteiger partial charge in [0.1, 0.15) is 11.3 Å². The van der Waals surface area contributed by atoms with Gasteiger partial charge in [0.15, 0.2) is 0 Å². The molecule has 1 aromatic carbocycles. The Labute approximate surface area is 101 Å². The van der Waals surface area contributed by atoms with E-state index in [2.05, 4.69) is 17.2 Å². The van der Waals surface area contributed by atoms with E-state index in [1.807, 2.05) is 27.0 Å². The number of anilines is 1. The number of hydrogen-bond donors (Lipinski definition) is 1. The van der Waals surface area contributed by atoms with E-state index in [0.29, 0.717) is 5.52 Å². The molecule has 17 heavy (non-hydrogen) atoms. The Morgan fingerprint density at radius 3 is 2.59 bits per heavy atom. The van der Waals surface area contributed by atoms with Crippen molar-refractivity contribution in [2.24, 2.45) is 0 Å². The van der Waals surface area contributed by atoms with E-state index >= 15 is 0 Å². The van der Waals surface area contributed by atoms with Crippen LogP contribution in [-0.4, -0.2) is 12.0 Å². The summed E-state index contributed by atoms with van der Waals surface area (Å²) < 4.78 is 13.9. The summed E-state index contributed by atoms with van der Waals surface area (Å²) in [6.07, 6.45) is 0.889. The molecule has 1 heterocycles. The molecule has 0 aliphatic rings. The molecule has 0 saturated heterocycles. The van der Waals surface area contributed by atoms with Crippen LogP contribution in [0.4, 0.5) is 10.1 Å². The van der Waals surface area contributed by atoms with Crippen LogP contribution in [0.5, 0.6) is 0 Å². The van der Waals surface area contributed by atoms with Gasteiger partial charge in [-0.15, -0.1) is 0 Å². The normalized spacial score (nSPS) is 10.9. The number of benzene rings is 1. The Balaban J connectivity index is 2.93. The first-order valence-electron chi connectivity index (χ1n) is 5.85. The molecule has 2 nitrogen and oxygen atoms in total. The molecule has 2 aromatic rings. The number of nitrogens with one attached hydrogen (secondary N) is 1. The van der Waals surface area contributed by atoms with E-state index in [-0.39, 0.29) is 5.82 Å². The van der Waals surface area contributed by atoms with E-state index in [1.165, 1.54) is 6.07 Å². The highest BCUT2D eigenvalue weighted by molar-refractivity contribution is 5.94. The average Bonchev–Trinajstić information content (AvgIpc) is 2.28. The number of pyridine rings is 1. The highest BCUT2D eigenvalue weighted by Crippen LogP contribution is 2.30. The number of halogens is 1. The average molecular weight is 232 g/mol. The van der Waals surface area contributed by atoms with Gasteiger partial charge in [0.2, 0.25) is 0 Å². The van der Waals surface area contributed by atoms with Gasteiger partial charge in [-0.3, -0.25) is 0 Å². The smallest absolute Gasteiger partial charge is 0.149 e. The maximum Gasteiger partial charge on any atom is 0.149 e. The lowest BCUT2D eigenvalue weighted by molar-refractivity contribution is 0.635. The van der Waals surface area contributed by atoms with Crippen molar-refractivity contribution in [3.8, 4) is 0 Å². The summed E-state index contributed by atoms with van der Waals surface area (Å²) in [5, 5.41) is 4.05. The van der Waals surface area contributed by atoms with E-state index in [9.17, 15) is 4.39 Å². The molecule has 0 fully saturated rings. The van der Waals surface area contributed by atoms with Crippen LogP contribution in [0.15, 0.2) is 12.1 Å². The summed E-state index contributed by atoms with van der Waals surface area (Å²) >= 11 is 0. The van der Waals surface area contributed by atoms with Crippen molar-refractivity contribution < 1.29 is 4.39 Å². The van der Waals surface area contributed by atoms with E-state index in [0.717, 1.165) is 34.3 Å². The lowest BCUT2D eigenvalue weighted by atomic mass is 10.0. The molecule has 0 saturated carbocycles. The van der Waals surface area contributed by atoms with Crippen molar-refractivity contribution in [1.82, 2.24) is 4.98 Å². The van der Waals surface area contributed by atoms with Crippen molar-refractivity contribution in [2.75, 3.05) is 12.4 Å². The number of aromatic nitrogens is 1. The van der Waals surface area contributed by atoms with Crippen LogP contribution in [0.2, 0.25) is 0 Å². The standard InChI is InChI=1S/C14H17FN2/c1-5-10-9(3)17-14-11(13(10)16-4)6-8(2)7-12(14)15/h6-7H,5H2,1-4H3,(H,16,17). The third kappa shape index (κ3) is 1.86. The zero-order valence-electron chi connectivity index (χ0n) is 10.7. The van der Waals surface area contributed by atoms with Gasteiger partial charge in [-0.05, 0) is 43.5 Å². The summed E-state index contributed by atoms with van der Waals surface area (Å²) in [7, 11) is 1.87. The quantitative estimate of drug-likeness (QED) is 0.855. The zero-order chi connectivity index (χ0) is 12.6. The number of nitrogens with zero attached hydrogens (tertiary/aromatic N) is 1. The van der Waals surface area contributed by atoms with Crippen LogP contribution >= 0.6 is 0 Å². The van der Waals surface area contributed by atoms with Crippen molar-refractivity contribution in [1.29, 1.82) is 0 Å². The van der Waals surface area contributed by atoms with Crippen molar-refractivity contribution in [3.63, 3.8) is 0 Å². The molecule has 1 aromatic heterocycles. The molecular formula is C14H17FN2. The minimum absolute atomic E-state index is 0.248. The predicted octanol–water partition coefficient (Wildman–Crippen LogP) is 3.59.